The van der Waals surface area contributed by atoms with Gasteiger partial charge >= 0.3 is 0 Å². The number of fused-ring (bicyclic) bond motifs is 1. The predicted octanol–water partition coefficient (Wildman–Crippen LogP) is 1.66. The Labute approximate surface area is 92.9 Å². The van der Waals surface area contributed by atoms with Crippen molar-refractivity contribution in [1.29, 1.82) is 0 Å². The van der Waals surface area contributed by atoms with Gasteiger partial charge in [0.2, 0.25) is 0 Å². The monoisotopic (exact) mass is 217 g/mol. The van der Waals surface area contributed by atoms with Crippen molar-refractivity contribution in [2.24, 2.45) is 0 Å². The van der Waals surface area contributed by atoms with Crippen LogP contribution in [0.15, 0.2) is 30.5 Å². The fraction of sp³-hybridized carbons (Fsp3) is 0.250. The molecule has 1 aromatic carbocycles. The molecule has 1 aromatic heterocycles. The summed E-state index contributed by atoms with van der Waals surface area (Å²) in [6.07, 6.45) is 2.84. The van der Waals surface area contributed by atoms with Crippen LogP contribution >= 0.6 is 0 Å². The van der Waals surface area contributed by atoms with E-state index in [1.54, 1.807) is 12.1 Å². The summed E-state index contributed by atoms with van der Waals surface area (Å²) in [6, 6.07) is 6.43. The maximum atomic E-state index is 12.8. The fourth-order valence-corrected chi connectivity index (χ4v) is 2.06. The van der Waals surface area contributed by atoms with Gasteiger partial charge in [0.25, 0.3) is 0 Å². The summed E-state index contributed by atoms with van der Waals surface area (Å²) in [5, 5.41) is 7.65. The maximum Gasteiger partial charge on any atom is 0.123 e. The Morgan fingerprint density at radius 3 is 2.88 bits per heavy atom. The molecule has 0 saturated carbocycles. The molecule has 1 N–H and O–H groups in total. The molecular weight excluding hydrogens is 205 g/mol. The molecule has 0 spiro atoms. The number of hydrogen-bond donors (Lipinski definition) is 1. The van der Waals surface area contributed by atoms with Crippen molar-refractivity contribution in [3.05, 3.63) is 47.5 Å². The zero-order valence-electron chi connectivity index (χ0n) is 8.78. The number of nitrogens with one attached hydrogen (secondary N) is 1. The van der Waals surface area contributed by atoms with Crippen molar-refractivity contribution >= 4 is 0 Å². The molecule has 0 unspecified atom stereocenters. The highest BCUT2D eigenvalue weighted by Gasteiger charge is 2.15. The van der Waals surface area contributed by atoms with Gasteiger partial charge in [-0.2, -0.15) is 5.10 Å². The van der Waals surface area contributed by atoms with Gasteiger partial charge in [0, 0.05) is 30.8 Å². The van der Waals surface area contributed by atoms with E-state index < -0.39 is 0 Å². The van der Waals surface area contributed by atoms with Crippen LogP contribution in [0.3, 0.4) is 0 Å². The largest absolute Gasteiger partial charge is 0.312 e. The van der Waals surface area contributed by atoms with E-state index in [-0.39, 0.29) is 5.82 Å². The van der Waals surface area contributed by atoms with Crippen LogP contribution in [0.5, 0.6) is 0 Å². The molecule has 1 aliphatic heterocycles. The van der Waals surface area contributed by atoms with Gasteiger partial charge in [0.15, 0.2) is 0 Å². The second-order valence-corrected chi connectivity index (χ2v) is 3.93. The third-order valence-corrected chi connectivity index (χ3v) is 2.88. The number of halogens is 1. The molecule has 0 bridgehead atoms. The lowest BCUT2D eigenvalue weighted by Gasteiger charge is -2.15. The van der Waals surface area contributed by atoms with Crippen LogP contribution in [0.25, 0.3) is 5.69 Å². The zero-order chi connectivity index (χ0) is 11.0. The van der Waals surface area contributed by atoms with Crippen molar-refractivity contribution in [1.82, 2.24) is 15.1 Å². The molecule has 0 amide bonds. The highest BCUT2D eigenvalue weighted by atomic mass is 19.1. The summed E-state index contributed by atoms with van der Waals surface area (Å²) >= 11 is 0. The minimum absolute atomic E-state index is 0.216. The van der Waals surface area contributed by atoms with Crippen LogP contribution in [0.4, 0.5) is 4.39 Å². The molecule has 0 saturated heterocycles. The van der Waals surface area contributed by atoms with Crippen molar-refractivity contribution in [3.63, 3.8) is 0 Å². The molecule has 3 nitrogen and oxygen atoms in total. The molecule has 0 fully saturated rings. The standard InChI is InChI=1S/C12H12FN3/c13-10-1-3-11(4-2-10)16-12-5-6-14-7-9(12)8-15-16/h1-4,8,14H,5-7H2. The van der Waals surface area contributed by atoms with Crippen molar-refractivity contribution in [2.75, 3.05) is 6.54 Å². The molecule has 0 aliphatic carbocycles. The predicted molar refractivity (Wildman–Crippen MR) is 58.9 cm³/mol. The van der Waals surface area contributed by atoms with Crippen LogP contribution in [0.1, 0.15) is 11.3 Å². The van der Waals surface area contributed by atoms with E-state index in [1.165, 1.54) is 23.4 Å². The van der Waals surface area contributed by atoms with E-state index in [2.05, 4.69) is 10.4 Å². The molecule has 2 aromatic rings. The summed E-state index contributed by atoms with van der Waals surface area (Å²) in [6.45, 7) is 1.84. The smallest absolute Gasteiger partial charge is 0.123 e. The normalized spacial score (nSPS) is 14.8. The van der Waals surface area contributed by atoms with Crippen LogP contribution < -0.4 is 5.32 Å². The first-order valence-corrected chi connectivity index (χ1v) is 5.37. The molecule has 0 radical (unpaired) electrons. The lowest BCUT2D eigenvalue weighted by atomic mass is 10.1. The summed E-state index contributed by atoms with van der Waals surface area (Å²) in [4.78, 5) is 0. The van der Waals surface area contributed by atoms with E-state index in [4.69, 9.17) is 0 Å². The average Bonchev–Trinajstić information content (AvgIpc) is 2.74. The number of hydrogen-bond acceptors (Lipinski definition) is 2. The highest BCUT2D eigenvalue weighted by Crippen LogP contribution is 2.18. The number of benzene rings is 1. The first-order valence-electron chi connectivity index (χ1n) is 5.37. The van der Waals surface area contributed by atoms with Gasteiger partial charge < -0.3 is 5.32 Å². The lowest BCUT2D eigenvalue weighted by molar-refractivity contribution is 0.618. The third-order valence-electron chi connectivity index (χ3n) is 2.88. The Kier molecular flexibility index (Phi) is 2.22. The SMILES string of the molecule is Fc1ccc(-n2ncc3c2CCNC3)cc1. The van der Waals surface area contributed by atoms with Gasteiger partial charge in [-0.3, -0.25) is 0 Å². The maximum absolute atomic E-state index is 12.8. The first kappa shape index (κ1) is 9.54. The third kappa shape index (κ3) is 1.51. The van der Waals surface area contributed by atoms with Crippen molar-refractivity contribution in [3.8, 4) is 5.69 Å². The van der Waals surface area contributed by atoms with Crippen LogP contribution in [0, 0.1) is 5.82 Å². The quantitative estimate of drug-likeness (QED) is 0.787. The lowest BCUT2D eigenvalue weighted by Crippen LogP contribution is -2.24. The Hall–Kier alpha value is -1.68. The second-order valence-electron chi connectivity index (χ2n) is 3.93. The molecular formula is C12H12FN3. The van der Waals surface area contributed by atoms with E-state index in [9.17, 15) is 4.39 Å². The summed E-state index contributed by atoms with van der Waals surface area (Å²) in [7, 11) is 0. The molecule has 1 aliphatic rings. The van der Waals surface area contributed by atoms with E-state index in [0.717, 1.165) is 25.2 Å². The van der Waals surface area contributed by atoms with Gasteiger partial charge in [-0.1, -0.05) is 0 Å². The van der Waals surface area contributed by atoms with Gasteiger partial charge in [0.1, 0.15) is 5.82 Å². The Morgan fingerprint density at radius 2 is 2.06 bits per heavy atom. The second kappa shape index (κ2) is 3.72. The number of aromatic nitrogens is 2. The molecule has 82 valence electrons. The topological polar surface area (TPSA) is 29.9 Å². The number of nitrogens with zero attached hydrogens (tertiary/aromatic N) is 2. The molecule has 3 rings (SSSR count). The van der Waals surface area contributed by atoms with Crippen molar-refractivity contribution < 1.29 is 4.39 Å². The van der Waals surface area contributed by atoms with Crippen LogP contribution in [-0.2, 0) is 13.0 Å². The Balaban J connectivity index is 2.06. The van der Waals surface area contributed by atoms with Gasteiger partial charge in [-0.05, 0) is 24.3 Å². The van der Waals surface area contributed by atoms with Gasteiger partial charge in [-0.25, -0.2) is 9.07 Å². The summed E-state index contributed by atoms with van der Waals surface area (Å²) < 4.78 is 14.7. The van der Waals surface area contributed by atoms with Gasteiger partial charge in [-0.15, -0.1) is 0 Å². The average molecular weight is 217 g/mol. The first-order chi connectivity index (χ1) is 7.84. The minimum atomic E-state index is -0.216. The highest BCUT2D eigenvalue weighted by molar-refractivity contribution is 5.36. The van der Waals surface area contributed by atoms with E-state index >= 15 is 0 Å². The molecule has 4 heteroatoms. The Morgan fingerprint density at radius 1 is 1.25 bits per heavy atom. The summed E-state index contributed by atoms with van der Waals surface area (Å²) in [5.41, 5.74) is 3.38. The molecule has 2 heterocycles. The van der Waals surface area contributed by atoms with E-state index in [1.807, 2.05) is 10.9 Å². The Bertz CT molecular complexity index is 501. The molecule has 0 atom stereocenters. The van der Waals surface area contributed by atoms with Gasteiger partial charge in [0.05, 0.1) is 11.9 Å². The van der Waals surface area contributed by atoms with Crippen LogP contribution in [0.2, 0.25) is 0 Å². The fourth-order valence-electron chi connectivity index (χ4n) is 2.06. The van der Waals surface area contributed by atoms with E-state index in [0.29, 0.717) is 0 Å². The molecule has 16 heavy (non-hydrogen) atoms. The number of rotatable bonds is 1. The summed E-state index contributed by atoms with van der Waals surface area (Å²) in [5.74, 6) is -0.216. The van der Waals surface area contributed by atoms with Crippen molar-refractivity contribution in [2.45, 2.75) is 13.0 Å². The minimum Gasteiger partial charge on any atom is -0.312 e. The zero-order valence-corrected chi connectivity index (χ0v) is 8.78. The van der Waals surface area contributed by atoms with Crippen LogP contribution in [-0.4, -0.2) is 16.3 Å².